The summed E-state index contributed by atoms with van der Waals surface area (Å²) in [6.45, 7) is 3.85. The lowest BCUT2D eigenvalue weighted by Gasteiger charge is -2.12. The first-order valence-electron chi connectivity index (χ1n) is 7.64. The smallest absolute Gasteiger partial charge is 0.348 e. The summed E-state index contributed by atoms with van der Waals surface area (Å²) in [5.74, 6) is -0.0499. The minimum Gasteiger partial charge on any atom is -0.427 e. The van der Waals surface area contributed by atoms with Crippen LogP contribution in [0.4, 0.5) is 5.82 Å². The van der Waals surface area contributed by atoms with Crippen molar-refractivity contribution < 1.29 is 9.63 Å². The molecular formula is C17H17N4O2S+. The lowest BCUT2D eigenvalue weighted by molar-refractivity contribution is -0.448. The second-order valence-electron chi connectivity index (χ2n) is 6.04. The van der Waals surface area contributed by atoms with Crippen LogP contribution in [-0.2, 0) is 0 Å². The van der Waals surface area contributed by atoms with Crippen molar-refractivity contribution in [1.82, 2.24) is 4.73 Å². The second kappa shape index (κ2) is 5.24. The van der Waals surface area contributed by atoms with Crippen molar-refractivity contribution in [2.75, 3.05) is 5.73 Å². The number of rotatable bonds is 1. The van der Waals surface area contributed by atoms with E-state index in [1.807, 2.05) is 32.1 Å². The average molecular weight is 341 g/mol. The third-order valence-electron chi connectivity index (χ3n) is 4.48. The number of hydrogen-bond acceptors (Lipinski definition) is 5. The number of benzene rings is 1. The van der Waals surface area contributed by atoms with Crippen LogP contribution in [0, 0.1) is 18.8 Å². The molecule has 1 aliphatic carbocycles. The van der Waals surface area contributed by atoms with Gasteiger partial charge in [-0.3, -0.25) is 10.7 Å². The Morgan fingerprint density at radius 1 is 1.25 bits per heavy atom. The van der Waals surface area contributed by atoms with Gasteiger partial charge in [-0.2, -0.15) is 4.73 Å². The lowest BCUT2D eigenvalue weighted by atomic mass is 10.1. The van der Waals surface area contributed by atoms with Gasteiger partial charge in [-0.1, -0.05) is 41.0 Å². The van der Waals surface area contributed by atoms with Gasteiger partial charge in [0.2, 0.25) is 11.2 Å². The van der Waals surface area contributed by atoms with Gasteiger partial charge in [0.05, 0.1) is 11.3 Å². The highest BCUT2D eigenvalue weighted by atomic mass is 32.2. The minimum absolute atomic E-state index is 0.00459. The fourth-order valence-electron chi connectivity index (χ4n) is 2.99. The molecule has 1 aromatic heterocycles. The summed E-state index contributed by atoms with van der Waals surface area (Å²) in [6, 6.07) is 3.53. The first kappa shape index (κ1) is 15.0. The van der Waals surface area contributed by atoms with Crippen LogP contribution in [0.25, 0.3) is 11.0 Å². The van der Waals surface area contributed by atoms with Crippen molar-refractivity contribution in [3.05, 3.63) is 58.2 Å². The Hall–Kier alpha value is -2.54. The van der Waals surface area contributed by atoms with Crippen LogP contribution in [0.5, 0.6) is 0 Å². The molecule has 2 atom stereocenters. The Bertz CT molecular complexity index is 1020. The Balaban J connectivity index is 1.97. The highest BCUT2D eigenvalue weighted by Gasteiger charge is 2.34. The molecule has 0 bridgehead atoms. The summed E-state index contributed by atoms with van der Waals surface area (Å²) < 4.78 is 1.66. The molecule has 2 aromatic rings. The molecule has 1 aromatic carbocycles. The molecule has 2 aliphatic rings. The summed E-state index contributed by atoms with van der Waals surface area (Å²) in [5.41, 5.74) is 9.01. The first-order valence-corrected chi connectivity index (χ1v) is 8.52. The Labute approximate surface area is 142 Å². The molecule has 7 heteroatoms. The van der Waals surface area contributed by atoms with Gasteiger partial charge in [0.15, 0.2) is 0 Å². The van der Waals surface area contributed by atoms with Crippen LogP contribution in [0.2, 0.25) is 0 Å². The van der Waals surface area contributed by atoms with E-state index < -0.39 is 0 Å². The number of nitrogen functional groups attached to an aromatic ring is 1. The summed E-state index contributed by atoms with van der Waals surface area (Å²) in [6.07, 6.45) is 7.99. The van der Waals surface area contributed by atoms with Crippen LogP contribution >= 0.6 is 11.8 Å². The zero-order valence-corrected chi connectivity index (χ0v) is 14.1. The van der Waals surface area contributed by atoms with Crippen LogP contribution in [0.1, 0.15) is 16.8 Å². The van der Waals surface area contributed by atoms with E-state index in [-0.39, 0.29) is 22.8 Å². The predicted octanol–water partition coefficient (Wildman–Crippen LogP) is 2.35. The molecule has 6 nitrogen and oxygen atoms in total. The number of aliphatic imine (C=N–C) groups is 1. The standard InChI is InChI=1S/C17H17N4O2S/c1-9-7-12-13(8-10(9)2)21(23)16(18)15(20(12)22)17-19-11-5-3-4-6-14(11)24-17/h3-8,11,14,22H,18H2,1-2H3/q+1/t11-,14-/m0/s1. The van der Waals surface area contributed by atoms with Crippen LogP contribution in [0.15, 0.2) is 41.4 Å². The highest BCUT2D eigenvalue weighted by Crippen LogP contribution is 2.35. The summed E-state index contributed by atoms with van der Waals surface area (Å²) >= 11 is 1.50. The van der Waals surface area contributed by atoms with Gasteiger partial charge in [-0.05, 0) is 37.1 Å². The molecule has 0 saturated carbocycles. The van der Waals surface area contributed by atoms with Crippen LogP contribution in [-0.4, -0.2) is 26.3 Å². The van der Waals surface area contributed by atoms with Gasteiger partial charge < -0.3 is 5.21 Å². The van der Waals surface area contributed by atoms with Gasteiger partial charge in [0, 0.05) is 4.43 Å². The third-order valence-corrected chi connectivity index (χ3v) is 5.71. The topological polar surface area (TPSA) is 86.5 Å². The molecule has 0 saturated heterocycles. The van der Waals surface area contributed by atoms with E-state index in [9.17, 15) is 10.1 Å². The number of anilines is 1. The quantitative estimate of drug-likeness (QED) is 0.616. The second-order valence-corrected chi connectivity index (χ2v) is 7.21. The van der Waals surface area contributed by atoms with Crippen LogP contribution in [0.3, 0.4) is 0 Å². The van der Waals surface area contributed by atoms with E-state index in [4.69, 9.17) is 5.73 Å². The molecule has 24 heavy (non-hydrogen) atoms. The molecule has 0 fully saturated rings. The maximum atomic E-state index is 12.6. The molecule has 0 radical (unpaired) electrons. The number of aryl methyl sites for hydroxylation is 2. The molecule has 2 heterocycles. The van der Waals surface area contributed by atoms with E-state index in [1.54, 1.807) is 12.1 Å². The summed E-state index contributed by atoms with van der Waals surface area (Å²) in [7, 11) is 0. The van der Waals surface area contributed by atoms with E-state index in [1.165, 1.54) is 11.8 Å². The average Bonchev–Trinajstić information content (AvgIpc) is 2.98. The van der Waals surface area contributed by atoms with Gasteiger partial charge in [0.1, 0.15) is 10.6 Å². The summed E-state index contributed by atoms with van der Waals surface area (Å²) in [4.78, 5) is 17.2. The van der Waals surface area contributed by atoms with Crippen molar-refractivity contribution in [3.63, 3.8) is 0 Å². The summed E-state index contributed by atoms with van der Waals surface area (Å²) in [5, 5.41) is 11.5. The number of allylic oxidation sites excluding steroid dienone is 2. The minimum atomic E-state index is -0.0499. The van der Waals surface area contributed by atoms with Crippen molar-refractivity contribution in [2.45, 2.75) is 25.1 Å². The zero-order chi connectivity index (χ0) is 17.0. The molecule has 122 valence electrons. The molecule has 0 unspecified atom stereocenters. The Kier molecular flexibility index (Phi) is 3.28. The fraction of sp³-hybridized carbons (Fsp3) is 0.235. The maximum Gasteiger partial charge on any atom is 0.348 e. The largest absolute Gasteiger partial charge is 0.427 e. The van der Waals surface area contributed by atoms with E-state index >= 15 is 0 Å². The van der Waals surface area contributed by atoms with Gasteiger partial charge in [0.25, 0.3) is 0 Å². The number of fused-ring (bicyclic) bond motifs is 2. The normalized spacial score (nSPS) is 22.0. The fourth-order valence-corrected chi connectivity index (χ4v) is 4.19. The Morgan fingerprint density at radius 2 is 1.96 bits per heavy atom. The Morgan fingerprint density at radius 3 is 2.71 bits per heavy atom. The number of aromatic nitrogens is 2. The predicted molar refractivity (Wildman–Crippen MR) is 96.4 cm³/mol. The molecule has 0 spiro atoms. The van der Waals surface area contributed by atoms with Gasteiger partial charge in [-0.25, -0.2) is 0 Å². The van der Waals surface area contributed by atoms with Crippen molar-refractivity contribution in [1.29, 1.82) is 0 Å². The first-order chi connectivity index (χ1) is 11.5. The molecule has 4 rings (SSSR count). The molecule has 0 amide bonds. The van der Waals surface area contributed by atoms with Gasteiger partial charge in [-0.15, -0.1) is 0 Å². The highest BCUT2D eigenvalue weighted by molar-refractivity contribution is 8.15. The SMILES string of the molecule is Cc1cc2c(cc1C)[n+](=O)c(N)c(C1=N[C@H]3C=CC=C[C@@H]3S1)n2O. The maximum absolute atomic E-state index is 12.6. The van der Waals surface area contributed by atoms with Crippen molar-refractivity contribution in [2.24, 2.45) is 4.99 Å². The number of nitrogens with two attached hydrogens (primary N) is 1. The van der Waals surface area contributed by atoms with Crippen molar-refractivity contribution >= 4 is 33.7 Å². The van der Waals surface area contributed by atoms with Crippen LogP contribution < -0.4 is 10.2 Å². The number of hydrogen-bond donors (Lipinski definition) is 2. The van der Waals surface area contributed by atoms with Gasteiger partial charge >= 0.3 is 5.82 Å². The molecular weight excluding hydrogens is 324 g/mol. The molecule has 1 aliphatic heterocycles. The van der Waals surface area contributed by atoms with E-state index in [2.05, 4.69) is 11.1 Å². The monoisotopic (exact) mass is 341 g/mol. The lowest BCUT2D eigenvalue weighted by Crippen LogP contribution is -2.28. The van der Waals surface area contributed by atoms with Crippen molar-refractivity contribution in [3.8, 4) is 0 Å². The number of thioether (sulfide) groups is 1. The zero-order valence-electron chi connectivity index (χ0n) is 13.3. The van der Waals surface area contributed by atoms with E-state index in [0.29, 0.717) is 20.5 Å². The van der Waals surface area contributed by atoms with E-state index in [0.717, 1.165) is 15.9 Å². The third kappa shape index (κ3) is 2.08. The number of nitrogens with zero attached hydrogens (tertiary/aromatic N) is 3. The molecule has 3 N–H and O–H groups in total.